The summed E-state index contributed by atoms with van der Waals surface area (Å²) in [6, 6.07) is 9.13. The van der Waals surface area contributed by atoms with E-state index in [9.17, 15) is 14.7 Å². The first kappa shape index (κ1) is 16.3. The molecule has 7 heteroatoms. The van der Waals surface area contributed by atoms with Gasteiger partial charge in [-0.15, -0.1) is 0 Å². The number of ether oxygens (including phenoxy) is 3. The summed E-state index contributed by atoms with van der Waals surface area (Å²) in [5.41, 5.74) is -0.612. The van der Waals surface area contributed by atoms with Gasteiger partial charge < -0.3 is 24.6 Å². The molecule has 0 saturated heterocycles. The van der Waals surface area contributed by atoms with Crippen molar-refractivity contribution < 1.29 is 28.9 Å². The van der Waals surface area contributed by atoms with Gasteiger partial charge in [0.25, 0.3) is 0 Å². The quantitative estimate of drug-likeness (QED) is 0.774. The fourth-order valence-electron chi connectivity index (χ4n) is 2.49. The van der Waals surface area contributed by atoms with Crippen molar-refractivity contribution in [1.29, 1.82) is 0 Å². The van der Waals surface area contributed by atoms with Crippen molar-refractivity contribution in [3.8, 4) is 0 Å². The van der Waals surface area contributed by atoms with Crippen molar-refractivity contribution in [2.75, 3.05) is 14.2 Å². The van der Waals surface area contributed by atoms with Crippen molar-refractivity contribution in [3.63, 3.8) is 0 Å². The molecular weight excluding hydrogens is 290 g/mol. The smallest absolute Gasteiger partial charge is 0.408 e. The molecule has 1 amide bonds. The number of carboxylic acid groups (broad SMARTS) is 1. The van der Waals surface area contributed by atoms with Gasteiger partial charge in [-0.05, 0) is 5.56 Å². The van der Waals surface area contributed by atoms with E-state index in [1.807, 2.05) is 30.3 Å². The summed E-state index contributed by atoms with van der Waals surface area (Å²) in [6.45, 7) is 0.0715. The number of carbonyl (C=O) groups is 2. The highest BCUT2D eigenvalue weighted by atomic mass is 16.7. The monoisotopic (exact) mass is 309 g/mol. The molecule has 0 unspecified atom stereocenters. The normalized spacial score (nSPS) is 18.1. The maximum absolute atomic E-state index is 11.8. The number of carbonyl (C=O) groups excluding carboxylic acids is 1. The predicted octanol–water partition coefficient (Wildman–Crippen LogP) is 1.52. The third-order valence-electron chi connectivity index (χ3n) is 3.85. The molecule has 0 aromatic heterocycles. The molecule has 120 valence electrons. The molecule has 0 heterocycles. The number of amides is 1. The van der Waals surface area contributed by atoms with Crippen LogP contribution in [0.4, 0.5) is 4.79 Å². The molecule has 1 aliphatic rings. The second-order valence-corrected chi connectivity index (χ2v) is 5.25. The molecule has 0 radical (unpaired) electrons. The third-order valence-corrected chi connectivity index (χ3v) is 3.85. The average Bonchev–Trinajstić information content (AvgIpc) is 2.49. The maximum atomic E-state index is 11.8. The van der Waals surface area contributed by atoms with Gasteiger partial charge in [0.15, 0.2) is 11.3 Å². The summed E-state index contributed by atoms with van der Waals surface area (Å²) in [4.78, 5) is 23.3. The van der Waals surface area contributed by atoms with Crippen LogP contribution in [0, 0.1) is 0 Å². The Hall–Kier alpha value is -2.12. The largest absolute Gasteiger partial charge is 0.479 e. The second kappa shape index (κ2) is 6.33. The molecule has 0 aliphatic heterocycles. The maximum Gasteiger partial charge on any atom is 0.408 e. The van der Waals surface area contributed by atoms with Crippen LogP contribution in [0.15, 0.2) is 30.3 Å². The number of methoxy groups -OCH3 is 2. The summed E-state index contributed by atoms with van der Waals surface area (Å²) < 4.78 is 15.4. The summed E-state index contributed by atoms with van der Waals surface area (Å²) in [7, 11) is 2.87. The fourth-order valence-corrected chi connectivity index (χ4v) is 2.49. The number of nitrogens with one attached hydrogen (secondary N) is 1. The second-order valence-electron chi connectivity index (χ2n) is 5.25. The molecule has 22 heavy (non-hydrogen) atoms. The van der Waals surface area contributed by atoms with Crippen molar-refractivity contribution in [2.24, 2.45) is 0 Å². The van der Waals surface area contributed by atoms with Crippen LogP contribution in [-0.4, -0.2) is 42.7 Å². The van der Waals surface area contributed by atoms with Crippen LogP contribution in [0.1, 0.15) is 18.4 Å². The first-order chi connectivity index (χ1) is 10.5. The fraction of sp³-hybridized carbons (Fsp3) is 0.467. The lowest BCUT2D eigenvalue weighted by Gasteiger charge is -2.51. The number of aliphatic carboxylic acids is 1. The first-order valence-electron chi connectivity index (χ1n) is 6.78. The first-order valence-corrected chi connectivity index (χ1v) is 6.78. The molecule has 0 spiro atoms. The Morgan fingerprint density at radius 2 is 1.77 bits per heavy atom. The van der Waals surface area contributed by atoms with Crippen LogP contribution in [0.25, 0.3) is 0 Å². The standard InChI is InChI=1S/C15H19NO6/c1-20-15(21-2)9-14(10-15,12(17)18)16-13(19)22-8-11-6-4-3-5-7-11/h3-7H,8-10H2,1-2H3,(H,16,19)(H,17,18). The van der Waals surface area contributed by atoms with Crippen LogP contribution in [0.2, 0.25) is 0 Å². The van der Waals surface area contributed by atoms with Crippen molar-refractivity contribution in [1.82, 2.24) is 5.32 Å². The van der Waals surface area contributed by atoms with Crippen molar-refractivity contribution >= 4 is 12.1 Å². The molecule has 0 atom stereocenters. The van der Waals surface area contributed by atoms with Gasteiger partial charge in [-0.25, -0.2) is 9.59 Å². The zero-order valence-corrected chi connectivity index (χ0v) is 12.5. The highest BCUT2D eigenvalue weighted by molar-refractivity contribution is 5.86. The van der Waals surface area contributed by atoms with E-state index in [2.05, 4.69) is 5.32 Å². The Bertz CT molecular complexity index is 532. The molecule has 1 fully saturated rings. The minimum absolute atomic E-state index is 0.0166. The number of alkyl carbamates (subject to hydrolysis) is 1. The Kier molecular flexibility index (Phi) is 4.68. The van der Waals surface area contributed by atoms with E-state index in [0.717, 1.165) is 5.56 Å². The number of benzene rings is 1. The molecule has 0 bridgehead atoms. The highest BCUT2D eigenvalue weighted by Gasteiger charge is 2.62. The lowest BCUT2D eigenvalue weighted by atomic mass is 9.71. The van der Waals surface area contributed by atoms with Gasteiger partial charge in [0, 0.05) is 27.1 Å². The Morgan fingerprint density at radius 3 is 2.27 bits per heavy atom. The molecular formula is C15H19NO6. The summed E-state index contributed by atoms with van der Waals surface area (Å²) >= 11 is 0. The topological polar surface area (TPSA) is 94.1 Å². The number of hydrogen-bond donors (Lipinski definition) is 2. The lowest BCUT2D eigenvalue weighted by Crippen LogP contribution is -2.70. The minimum Gasteiger partial charge on any atom is -0.479 e. The summed E-state index contributed by atoms with van der Waals surface area (Å²) in [5, 5.41) is 11.8. The van der Waals surface area contributed by atoms with Gasteiger partial charge in [-0.1, -0.05) is 30.3 Å². The minimum atomic E-state index is -1.43. The highest BCUT2D eigenvalue weighted by Crippen LogP contribution is 2.44. The van der Waals surface area contributed by atoms with E-state index in [-0.39, 0.29) is 19.4 Å². The zero-order valence-electron chi connectivity index (χ0n) is 12.5. The Morgan fingerprint density at radius 1 is 1.18 bits per heavy atom. The van der Waals surface area contributed by atoms with Gasteiger partial charge in [-0.3, -0.25) is 0 Å². The van der Waals surface area contributed by atoms with Crippen LogP contribution in [-0.2, 0) is 25.6 Å². The van der Waals surface area contributed by atoms with E-state index in [1.54, 1.807) is 0 Å². The molecule has 1 saturated carbocycles. The summed E-state index contributed by atoms with van der Waals surface area (Å²) in [5.74, 6) is -2.13. The Balaban J connectivity index is 1.92. The number of hydrogen-bond acceptors (Lipinski definition) is 5. The van der Waals surface area contributed by atoms with Gasteiger partial charge in [-0.2, -0.15) is 0 Å². The van der Waals surface area contributed by atoms with Crippen molar-refractivity contribution in [3.05, 3.63) is 35.9 Å². The van der Waals surface area contributed by atoms with E-state index < -0.39 is 23.4 Å². The molecule has 2 rings (SSSR count). The van der Waals surface area contributed by atoms with Crippen LogP contribution >= 0.6 is 0 Å². The third kappa shape index (κ3) is 3.20. The van der Waals surface area contributed by atoms with E-state index in [1.165, 1.54) is 14.2 Å². The molecule has 7 nitrogen and oxygen atoms in total. The van der Waals surface area contributed by atoms with Gasteiger partial charge in [0.05, 0.1) is 0 Å². The van der Waals surface area contributed by atoms with Gasteiger partial charge in [0.1, 0.15) is 6.61 Å². The van der Waals surface area contributed by atoms with Crippen molar-refractivity contribution in [2.45, 2.75) is 30.8 Å². The van der Waals surface area contributed by atoms with Gasteiger partial charge in [0.2, 0.25) is 0 Å². The van der Waals surface area contributed by atoms with Crippen LogP contribution in [0.3, 0.4) is 0 Å². The van der Waals surface area contributed by atoms with E-state index in [4.69, 9.17) is 14.2 Å². The van der Waals surface area contributed by atoms with Crippen LogP contribution in [0.5, 0.6) is 0 Å². The van der Waals surface area contributed by atoms with E-state index >= 15 is 0 Å². The SMILES string of the molecule is COC1(OC)CC(NC(=O)OCc2ccccc2)(C(=O)O)C1. The van der Waals surface area contributed by atoms with Crippen LogP contribution < -0.4 is 5.32 Å². The molecule has 1 aromatic rings. The number of carboxylic acids is 1. The lowest BCUT2D eigenvalue weighted by molar-refractivity contribution is -0.278. The molecule has 1 aromatic carbocycles. The summed E-state index contributed by atoms with van der Waals surface area (Å²) in [6.07, 6.45) is -0.752. The Labute approximate surface area is 128 Å². The molecule has 1 aliphatic carbocycles. The average molecular weight is 309 g/mol. The van der Waals surface area contributed by atoms with Gasteiger partial charge >= 0.3 is 12.1 Å². The van der Waals surface area contributed by atoms with E-state index in [0.29, 0.717) is 0 Å². The predicted molar refractivity (Wildman–Crippen MR) is 76.1 cm³/mol. The zero-order chi connectivity index (χ0) is 16.2. The number of rotatable bonds is 6. The molecule has 2 N–H and O–H groups in total.